The van der Waals surface area contributed by atoms with Gasteiger partial charge in [0.25, 0.3) is 6.43 Å². The molecular weight excluding hydrogens is 496 g/mol. The van der Waals surface area contributed by atoms with Crippen molar-refractivity contribution in [1.29, 1.82) is 0 Å². The average molecular weight is 512 g/mol. The van der Waals surface area contributed by atoms with E-state index in [9.17, 15) is 8.78 Å². The molecule has 5 aromatic heterocycles. The molecule has 6 aromatic rings. The van der Waals surface area contributed by atoms with Crippen LogP contribution in [0.15, 0.2) is 47.1 Å². The molecule has 5 heterocycles. The molecule has 35 heavy (non-hydrogen) atoms. The molecule has 0 unspecified atom stereocenters. The minimum absolute atomic E-state index is 0.230. The summed E-state index contributed by atoms with van der Waals surface area (Å²) in [6.45, 7) is 3.92. The summed E-state index contributed by atoms with van der Waals surface area (Å²) in [7, 11) is 0. The Morgan fingerprint density at radius 1 is 1.11 bits per heavy atom. The zero-order chi connectivity index (χ0) is 24.3. The van der Waals surface area contributed by atoms with Gasteiger partial charge in [0.2, 0.25) is 5.82 Å². The van der Waals surface area contributed by atoms with Gasteiger partial charge in [0.05, 0.1) is 5.52 Å². The van der Waals surface area contributed by atoms with E-state index in [-0.39, 0.29) is 12.3 Å². The van der Waals surface area contributed by atoms with E-state index in [0.717, 1.165) is 15.6 Å². The Hall–Kier alpha value is -3.63. The summed E-state index contributed by atoms with van der Waals surface area (Å²) < 4.78 is 40.4. The van der Waals surface area contributed by atoms with Crippen LogP contribution >= 0.6 is 22.9 Å². The molecule has 0 aliphatic rings. The molecule has 0 saturated heterocycles. The predicted octanol–water partition coefficient (Wildman–Crippen LogP) is 6.93. The monoisotopic (exact) mass is 511 g/mol. The Kier molecular flexibility index (Phi) is 5.15. The van der Waals surface area contributed by atoms with Gasteiger partial charge in [-0.15, -0.1) is 16.4 Å². The number of nitrogens with zero attached hydrogens (tertiary/aromatic N) is 5. The van der Waals surface area contributed by atoms with Crippen LogP contribution in [0.4, 0.5) is 8.78 Å². The fraction of sp³-hybridized carbons (Fsp3) is 0.167. The summed E-state index contributed by atoms with van der Waals surface area (Å²) in [5, 5.41) is 5.91. The van der Waals surface area contributed by atoms with E-state index >= 15 is 0 Å². The third kappa shape index (κ3) is 3.78. The van der Waals surface area contributed by atoms with E-state index in [4.69, 9.17) is 20.8 Å². The van der Waals surface area contributed by atoms with Crippen molar-refractivity contribution in [2.24, 2.45) is 0 Å². The molecule has 11 heteroatoms. The van der Waals surface area contributed by atoms with Crippen molar-refractivity contribution in [2.45, 2.75) is 26.9 Å². The van der Waals surface area contributed by atoms with Gasteiger partial charge in [-0.25, -0.2) is 28.2 Å². The molecule has 0 amide bonds. The van der Waals surface area contributed by atoms with Crippen molar-refractivity contribution in [3.63, 3.8) is 0 Å². The third-order valence-electron chi connectivity index (χ3n) is 5.60. The zero-order valence-electron chi connectivity index (χ0n) is 18.4. The minimum Gasteiger partial charge on any atom is -0.486 e. The highest BCUT2D eigenvalue weighted by Gasteiger charge is 2.20. The molecule has 7 nitrogen and oxygen atoms in total. The Morgan fingerprint density at radius 2 is 1.97 bits per heavy atom. The van der Waals surface area contributed by atoms with Crippen LogP contribution in [0.3, 0.4) is 0 Å². The van der Waals surface area contributed by atoms with Gasteiger partial charge >= 0.3 is 0 Å². The van der Waals surface area contributed by atoms with Crippen molar-refractivity contribution < 1.29 is 17.9 Å². The number of aryl methyl sites for hydroxylation is 2. The summed E-state index contributed by atoms with van der Waals surface area (Å²) in [6, 6.07) is 10.4. The number of alkyl halides is 2. The van der Waals surface area contributed by atoms with Crippen molar-refractivity contribution in [3.8, 4) is 17.3 Å². The highest BCUT2D eigenvalue weighted by atomic mass is 35.5. The van der Waals surface area contributed by atoms with E-state index in [1.165, 1.54) is 17.4 Å². The lowest BCUT2D eigenvalue weighted by molar-refractivity contribution is 0.146. The molecule has 0 N–H and O–H groups in total. The molecule has 6 rings (SSSR count). The van der Waals surface area contributed by atoms with Gasteiger partial charge in [-0.05, 0) is 61.4 Å². The standard InChI is InChI=1S/C24H16ClF2N5O2S/c1-11-7-13(3-5-15(11)25)33-9-14-4-6-17(34-14)22-30-23-20-19(28-10-32(23)31-22)18-12(2)8-16(21(26)27)29-24(18)35-20/h3-8,10,21H,9H2,1-2H3. The highest BCUT2D eigenvalue weighted by molar-refractivity contribution is 7.26. The summed E-state index contributed by atoms with van der Waals surface area (Å²) in [6.07, 6.45) is -1.09. The van der Waals surface area contributed by atoms with Crippen LogP contribution in [0.5, 0.6) is 5.75 Å². The number of pyridine rings is 1. The van der Waals surface area contributed by atoms with Crippen molar-refractivity contribution in [3.05, 3.63) is 70.3 Å². The summed E-state index contributed by atoms with van der Waals surface area (Å²) in [5.41, 5.74) is 2.58. The topological polar surface area (TPSA) is 78.3 Å². The highest BCUT2D eigenvalue weighted by Crippen LogP contribution is 2.37. The molecule has 0 fully saturated rings. The number of rotatable bonds is 5. The molecule has 1 aromatic carbocycles. The number of hydrogen-bond acceptors (Lipinski definition) is 7. The Bertz CT molecular complexity index is 1740. The lowest BCUT2D eigenvalue weighted by atomic mass is 10.1. The molecule has 0 atom stereocenters. The number of furan rings is 1. The SMILES string of the molecule is Cc1cc(OCc2ccc(-c3nc4c5sc6nc(C(F)F)cc(C)c6c5ncn4n3)o2)ccc1Cl. The smallest absolute Gasteiger partial charge is 0.280 e. The summed E-state index contributed by atoms with van der Waals surface area (Å²) in [5.74, 6) is 2.15. The van der Waals surface area contributed by atoms with E-state index in [0.29, 0.717) is 49.7 Å². The van der Waals surface area contributed by atoms with Crippen molar-refractivity contribution in [1.82, 2.24) is 24.6 Å². The lowest BCUT2D eigenvalue weighted by Gasteiger charge is -2.05. The second-order valence-electron chi connectivity index (χ2n) is 8.04. The van der Waals surface area contributed by atoms with E-state index in [1.807, 2.05) is 13.0 Å². The number of benzene rings is 1. The van der Waals surface area contributed by atoms with Crippen LogP contribution in [0.2, 0.25) is 5.02 Å². The molecular formula is C24H16ClF2N5O2S. The Morgan fingerprint density at radius 3 is 2.77 bits per heavy atom. The quantitative estimate of drug-likeness (QED) is 0.249. The fourth-order valence-corrected chi connectivity index (χ4v) is 5.19. The van der Waals surface area contributed by atoms with Gasteiger partial charge in [0, 0.05) is 10.4 Å². The number of hydrogen-bond donors (Lipinski definition) is 0. The van der Waals surface area contributed by atoms with Crippen LogP contribution in [-0.4, -0.2) is 24.6 Å². The maximum Gasteiger partial charge on any atom is 0.280 e. The zero-order valence-corrected chi connectivity index (χ0v) is 20.0. The van der Waals surface area contributed by atoms with Crippen LogP contribution in [0.25, 0.3) is 37.7 Å². The van der Waals surface area contributed by atoms with Crippen molar-refractivity contribution in [2.75, 3.05) is 0 Å². The second-order valence-corrected chi connectivity index (χ2v) is 9.44. The fourth-order valence-electron chi connectivity index (χ4n) is 3.89. The number of fused-ring (bicyclic) bond motifs is 5. The molecule has 0 aliphatic heterocycles. The molecule has 0 saturated carbocycles. The lowest BCUT2D eigenvalue weighted by Crippen LogP contribution is -1.94. The van der Waals surface area contributed by atoms with E-state index in [2.05, 4.69) is 20.1 Å². The summed E-state index contributed by atoms with van der Waals surface area (Å²) >= 11 is 7.33. The molecule has 0 aliphatic carbocycles. The first-order chi connectivity index (χ1) is 16.9. The number of ether oxygens (including phenoxy) is 1. The van der Waals surface area contributed by atoms with Gasteiger partial charge in [-0.1, -0.05) is 11.6 Å². The maximum absolute atomic E-state index is 13.2. The number of halogens is 3. The van der Waals surface area contributed by atoms with Crippen LogP contribution < -0.4 is 4.74 Å². The third-order valence-corrected chi connectivity index (χ3v) is 7.09. The number of aromatic nitrogens is 5. The van der Waals surface area contributed by atoms with Gasteiger partial charge in [0.15, 0.2) is 11.4 Å². The Labute approximate surface area is 206 Å². The average Bonchev–Trinajstić information content (AvgIpc) is 3.55. The van der Waals surface area contributed by atoms with Crippen molar-refractivity contribution >= 4 is 49.0 Å². The second kappa shape index (κ2) is 8.24. The first kappa shape index (κ1) is 21.9. The van der Waals surface area contributed by atoms with Gasteiger partial charge < -0.3 is 9.15 Å². The molecule has 0 bridgehead atoms. The van der Waals surface area contributed by atoms with E-state index < -0.39 is 6.43 Å². The predicted molar refractivity (Wildman–Crippen MR) is 129 cm³/mol. The molecule has 176 valence electrons. The first-order valence-electron chi connectivity index (χ1n) is 10.6. The first-order valence-corrected chi connectivity index (χ1v) is 11.8. The van der Waals surface area contributed by atoms with Crippen LogP contribution in [-0.2, 0) is 6.61 Å². The summed E-state index contributed by atoms with van der Waals surface area (Å²) in [4.78, 5) is 13.8. The Balaban J connectivity index is 1.34. The van der Waals surface area contributed by atoms with Gasteiger partial charge in [-0.2, -0.15) is 0 Å². The molecule has 0 radical (unpaired) electrons. The van der Waals surface area contributed by atoms with Gasteiger partial charge in [-0.3, -0.25) is 0 Å². The van der Waals surface area contributed by atoms with Crippen LogP contribution in [0.1, 0.15) is 29.0 Å². The maximum atomic E-state index is 13.2. The minimum atomic E-state index is -2.64. The number of thiophene rings is 1. The molecule has 0 spiro atoms. The normalized spacial score (nSPS) is 11.9. The van der Waals surface area contributed by atoms with Crippen LogP contribution in [0, 0.1) is 13.8 Å². The van der Waals surface area contributed by atoms with Gasteiger partial charge in [0.1, 0.15) is 39.7 Å². The largest absolute Gasteiger partial charge is 0.486 e. The van der Waals surface area contributed by atoms with E-state index in [1.54, 1.807) is 42.0 Å².